The van der Waals surface area contributed by atoms with Gasteiger partial charge in [-0.05, 0) is 6.92 Å². The Morgan fingerprint density at radius 1 is 1.08 bits per heavy atom. The van der Waals surface area contributed by atoms with E-state index in [9.17, 15) is 13.2 Å². The Balaban J connectivity index is 1.70. The second kappa shape index (κ2) is 6.02. The van der Waals surface area contributed by atoms with Crippen LogP contribution in [0.15, 0.2) is 23.5 Å². The van der Waals surface area contributed by atoms with Crippen molar-refractivity contribution >= 4 is 15.9 Å². The molecule has 0 N–H and O–H groups in total. The quantitative estimate of drug-likeness (QED) is 0.750. The molecule has 0 unspecified atom stereocenters. The smallest absolute Gasteiger partial charge is 0.257 e. The minimum absolute atomic E-state index is 0.112. The van der Waals surface area contributed by atoms with E-state index in [0.717, 1.165) is 5.69 Å². The number of carbonyl (C=O) groups excluding carboxylic acids is 1. The number of piperazine rings is 1. The lowest BCUT2D eigenvalue weighted by molar-refractivity contribution is 0.0697. The molecule has 3 rings (SSSR count). The summed E-state index contributed by atoms with van der Waals surface area (Å²) in [6, 6.07) is 0. The largest absolute Gasteiger partial charge is 0.336 e. The molecular weight excluding hydrogens is 332 g/mol. The van der Waals surface area contributed by atoms with E-state index in [-0.39, 0.29) is 23.9 Å². The van der Waals surface area contributed by atoms with E-state index < -0.39 is 10.0 Å². The van der Waals surface area contributed by atoms with Gasteiger partial charge in [-0.2, -0.15) is 14.5 Å². The Bertz CT molecular complexity index is 861. The number of hydrogen-bond donors (Lipinski definition) is 0. The molecule has 1 amide bonds. The zero-order valence-electron chi connectivity index (χ0n) is 13.9. The first-order valence-electron chi connectivity index (χ1n) is 7.57. The lowest BCUT2D eigenvalue weighted by Crippen LogP contribution is -2.50. The van der Waals surface area contributed by atoms with Crippen molar-refractivity contribution < 1.29 is 13.2 Å². The third-order valence-electron chi connectivity index (χ3n) is 4.31. The Labute approximate surface area is 140 Å². The highest BCUT2D eigenvalue weighted by molar-refractivity contribution is 7.89. The Morgan fingerprint density at radius 2 is 1.75 bits per heavy atom. The minimum Gasteiger partial charge on any atom is -0.336 e. The molecule has 1 aliphatic rings. The number of carbonyl (C=O) groups is 1. The van der Waals surface area contributed by atoms with E-state index in [1.54, 1.807) is 29.9 Å². The van der Waals surface area contributed by atoms with Crippen molar-refractivity contribution in [1.29, 1.82) is 0 Å². The molecule has 0 aromatic carbocycles. The number of aryl methyl sites for hydroxylation is 2. The lowest BCUT2D eigenvalue weighted by Gasteiger charge is -2.33. The van der Waals surface area contributed by atoms with Gasteiger partial charge in [-0.25, -0.2) is 8.42 Å². The van der Waals surface area contributed by atoms with E-state index in [0.29, 0.717) is 18.7 Å². The summed E-state index contributed by atoms with van der Waals surface area (Å²) in [5, 5.41) is 7.99. The van der Waals surface area contributed by atoms with Gasteiger partial charge in [0.15, 0.2) is 0 Å². The average Bonchev–Trinajstić information content (AvgIpc) is 3.14. The summed E-state index contributed by atoms with van der Waals surface area (Å²) in [6.45, 7) is 3.08. The summed E-state index contributed by atoms with van der Waals surface area (Å²) in [5.41, 5.74) is 1.35. The summed E-state index contributed by atoms with van der Waals surface area (Å²) in [7, 11) is -0.109. The molecule has 0 radical (unpaired) electrons. The monoisotopic (exact) mass is 352 g/mol. The molecule has 130 valence electrons. The maximum atomic E-state index is 12.6. The molecule has 10 heteroatoms. The van der Waals surface area contributed by atoms with Crippen molar-refractivity contribution in [1.82, 2.24) is 28.8 Å². The van der Waals surface area contributed by atoms with Gasteiger partial charge in [-0.15, -0.1) is 0 Å². The van der Waals surface area contributed by atoms with Crippen molar-refractivity contribution in [2.45, 2.75) is 11.8 Å². The predicted octanol–water partition coefficient (Wildman–Crippen LogP) is -0.391. The third kappa shape index (κ3) is 2.82. The van der Waals surface area contributed by atoms with Crippen LogP contribution in [0.2, 0.25) is 0 Å². The van der Waals surface area contributed by atoms with Gasteiger partial charge >= 0.3 is 0 Å². The van der Waals surface area contributed by atoms with Gasteiger partial charge in [0.1, 0.15) is 4.90 Å². The van der Waals surface area contributed by atoms with Crippen molar-refractivity contribution in [3.05, 3.63) is 29.8 Å². The summed E-state index contributed by atoms with van der Waals surface area (Å²) in [4.78, 5) is 14.4. The molecule has 0 bridgehead atoms. The molecular formula is C14H20N6O3S. The zero-order chi connectivity index (χ0) is 17.5. The van der Waals surface area contributed by atoms with Crippen molar-refractivity contribution in [2.24, 2.45) is 14.1 Å². The molecule has 1 fully saturated rings. The van der Waals surface area contributed by atoms with Crippen molar-refractivity contribution in [3.63, 3.8) is 0 Å². The molecule has 0 aliphatic carbocycles. The van der Waals surface area contributed by atoms with Crippen LogP contribution in [-0.2, 0) is 24.1 Å². The van der Waals surface area contributed by atoms with E-state index in [2.05, 4.69) is 10.2 Å². The Kier molecular flexibility index (Phi) is 4.18. The molecule has 0 spiro atoms. The van der Waals surface area contributed by atoms with E-state index in [1.807, 2.05) is 6.92 Å². The molecule has 0 saturated carbocycles. The average molecular weight is 352 g/mol. The van der Waals surface area contributed by atoms with Crippen LogP contribution in [0.4, 0.5) is 0 Å². The van der Waals surface area contributed by atoms with Crippen LogP contribution in [0.1, 0.15) is 16.1 Å². The number of sulfonamides is 1. The summed E-state index contributed by atoms with van der Waals surface area (Å²) < 4.78 is 29.6. The number of amides is 1. The van der Waals surface area contributed by atoms with Crippen LogP contribution in [0.25, 0.3) is 0 Å². The number of rotatable bonds is 3. The molecule has 2 aromatic heterocycles. The predicted molar refractivity (Wildman–Crippen MR) is 85.8 cm³/mol. The van der Waals surface area contributed by atoms with Gasteiger partial charge < -0.3 is 4.90 Å². The highest BCUT2D eigenvalue weighted by atomic mass is 32.2. The van der Waals surface area contributed by atoms with Gasteiger partial charge in [-0.1, -0.05) is 0 Å². The van der Waals surface area contributed by atoms with E-state index in [4.69, 9.17) is 0 Å². The second-order valence-corrected chi connectivity index (χ2v) is 7.75. The van der Waals surface area contributed by atoms with Gasteiger partial charge in [0.05, 0.1) is 18.0 Å². The van der Waals surface area contributed by atoms with Crippen LogP contribution in [0.3, 0.4) is 0 Å². The fourth-order valence-electron chi connectivity index (χ4n) is 2.69. The lowest BCUT2D eigenvalue weighted by atomic mass is 10.2. The third-order valence-corrected chi connectivity index (χ3v) is 6.16. The molecule has 3 heterocycles. The van der Waals surface area contributed by atoms with E-state index >= 15 is 0 Å². The van der Waals surface area contributed by atoms with Crippen LogP contribution >= 0.6 is 0 Å². The molecule has 1 saturated heterocycles. The number of hydrogen-bond acceptors (Lipinski definition) is 5. The highest BCUT2D eigenvalue weighted by Crippen LogP contribution is 2.18. The van der Waals surface area contributed by atoms with Crippen LogP contribution in [0.5, 0.6) is 0 Å². The van der Waals surface area contributed by atoms with Crippen molar-refractivity contribution in [3.8, 4) is 0 Å². The Morgan fingerprint density at radius 3 is 2.25 bits per heavy atom. The van der Waals surface area contributed by atoms with Gasteiger partial charge in [-0.3, -0.25) is 14.2 Å². The zero-order valence-corrected chi connectivity index (χ0v) is 14.7. The van der Waals surface area contributed by atoms with Gasteiger partial charge in [0.25, 0.3) is 5.91 Å². The molecule has 1 aliphatic heterocycles. The summed E-state index contributed by atoms with van der Waals surface area (Å²) >= 11 is 0. The fourth-order valence-corrected chi connectivity index (χ4v) is 4.10. The van der Waals surface area contributed by atoms with Gasteiger partial charge in [0, 0.05) is 52.2 Å². The molecule has 0 atom stereocenters. The molecule has 9 nitrogen and oxygen atoms in total. The Hall–Kier alpha value is -2.20. The molecule has 24 heavy (non-hydrogen) atoms. The van der Waals surface area contributed by atoms with Crippen molar-refractivity contribution in [2.75, 3.05) is 26.2 Å². The highest BCUT2D eigenvalue weighted by Gasteiger charge is 2.31. The number of nitrogens with zero attached hydrogens (tertiary/aromatic N) is 6. The summed E-state index contributed by atoms with van der Waals surface area (Å²) in [6.07, 6.45) is 4.37. The first-order valence-corrected chi connectivity index (χ1v) is 9.01. The second-order valence-electron chi connectivity index (χ2n) is 5.81. The number of aromatic nitrogens is 4. The fraction of sp³-hybridized carbons (Fsp3) is 0.500. The maximum absolute atomic E-state index is 12.6. The standard InChI is InChI=1S/C14H20N6O3S/c1-11-13(9-16-18(11)3)14(21)19-4-6-20(7-5-19)24(22,23)12-8-15-17(2)10-12/h8-10H,4-7H2,1-3H3. The maximum Gasteiger partial charge on any atom is 0.257 e. The van der Waals surface area contributed by atoms with E-state index in [1.165, 1.54) is 21.4 Å². The van der Waals surface area contributed by atoms with Crippen LogP contribution in [0, 0.1) is 6.92 Å². The minimum atomic E-state index is -3.56. The normalized spacial score (nSPS) is 16.5. The SMILES string of the molecule is Cc1c(C(=O)N2CCN(S(=O)(=O)c3cnn(C)c3)CC2)cnn1C. The first-order chi connectivity index (χ1) is 11.3. The topological polar surface area (TPSA) is 93.3 Å². The van der Waals surface area contributed by atoms with Gasteiger partial charge in [0.2, 0.25) is 10.0 Å². The van der Waals surface area contributed by atoms with Crippen LogP contribution in [-0.4, -0.2) is 69.3 Å². The first kappa shape index (κ1) is 16.7. The van der Waals surface area contributed by atoms with Crippen LogP contribution < -0.4 is 0 Å². The molecule has 2 aromatic rings. The summed E-state index contributed by atoms with van der Waals surface area (Å²) in [5.74, 6) is -0.112.